The highest BCUT2D eigenvalue weighted by Crippen LogP contribution is 2.33. The van der Waals surface area contributed by atoms with Crippen molar-refractivity contribution in [3.05, 3.63) is 96.1 Å². The lowest BCUT2D eigenvalue weighted by Crippen LogP contribution is -1.89. The Morgan fingerprint density at radius 2 is 1.45 bits per heavy atom. The average Bonchev–Trinajstić information content (AvgIpc) is 2.56. The summed E-state index contributed by atoms with van der Waals surface area (Å²) in [6.45, 7) is 6.22. The first-order chi connectivity index (χ1) is 10.6. The molecule has 1 N–H and O–H groups in total. The third-order valence-electron chi connectivity index (χ3n) is 3.83. The molecule has 1 nitrogen and oxygen atoms in total. The SMILES string of the molecule is C=C(c1ccccc1)c1cc(-c2ccc(C)cc2)ccc1O. The van der Waals surface area contributed by atoms with E-state index in [-0.39, 0.29) is 5.75 Å². The van der Waals surface area contributed by atoms with Gasteiger partial charge in [0.15, 0.2) is 0 Å². The molecule has 0 spiro atoms. The normalized spacial score (nSPS) is 10.4. The number of aryl methyl sites for hydroxylation is 1. The van der Waals surface area contributed by atoms with Crippen molar-refractivity contribution >= 4 is 5.57 Å². The van der Waals surface area contributed by atoms with E-state index < -0.39 is 0 Å². The Morgan fingerprint density at radius 3 is 2.14 bits per heavy atom. The van der Waals surface area contributed by atoms with Crippen molar-refractivity contribution in [2.45, 2.75) is 6.92 Å². The second-order valence-corrected chi connectivity index (χ2v) is 5.44. The smallest absolute Gasteiger partial charge is 0.123 e. The van der Waals surface area contributed by atoms with Crippen molar-refractivity contribution in [1.82, 2.24) is 0 Å². The third-order valence-corrected chi connectivity index (χ3v) is 3.83. The molecule has 1 heteroatoms. The summed E-state index contributed by atoms with van der Waals surface area (Å²) >= 11 is 0. The van der Waals surface area contributed by atoms with Gasteiger partial charge in [0.05, 0.1) is 0 Å². The molecule has 0 amide bonds. The van der Waals surface area contributed by atoms with Crippen LogP contribution in [0.3, 0.4) is 0 Å². The van der Waals surface area contributed by atoms with E-state index in [1.165, 1.54) is 5.56 Å². The number of phenolic OH excluding ortho intramolecular Hbond substituents is 1. The van der Waals surface area contributed by atoms with Crippen LogP contribution in [0.2, 0.25) is 0 Å². The van der Waals surface area contributed by atoms with Gasteiger partial charge in [-0.05, 0) is 41.3 Å². The van der Waals surface area contributed by atoms with Crippen molar-refractivity contribution in [1.29, 1.82) is 0 Å². The van der Waals surface area contributed by atoms with Gasteiger partial charge in [-0.25, -0.2) is 0 Å². The van der Waals surface area contributed by atoms with Gasteiger partial charge < -0.3 is 5.11 Å². The summed E-state index contributed by atoms with van der Waals surface area (Å²) < 4.78 is 0. The minimum Gasteiger partial charge on any atom is -0.507 e. The molecule has 0 aromatic heterocycles. The highest BCUT2D eigenvalue weighted by molar-refractivity contribution is 5.83. The summed E-state index contributed by atoms with van der Waals surface area (Å²) in [5.74, 6) is 0.254. The summed E-state index contributed by atoms with van der Waals surface area (Å²) in [4.78, 5) is 0. The zero-order chi connectivity index (χ0) is 15.5. The van der Waals surface area contributed by atoms with Crippen LogP contribution in [0.5, 0.6) is 5.75 Å². The van der Waals surface area contributed by atoms with Crippen molar-refractivity contribution in [2.75, 3.05) is 0 Å². The first-order valence-corrected chi connectivity index (χ1v) is 7.30. The molecule has 0 bridgehead atoms. The predicted molar refractivity (Wildman–Crippen MR) is 92.9 cm³/mol. The summed E-state index contributed by atoms with van der Waals surface area (Å²) in [6.07, 6.45) is 0. The zero-order valence-corrected chi connectivity index (χ0v) is 12.6. The lowest BCUT2D eigenvalue weighted by Gasteiger charge is -2.11. The van der Waals surface area contributed by atoms with Gasteiger partial charge in [0, 0.05) is 5.56 Å². The number of phenols is 1. The number of hydrogen-bond donors (Lipinski definition) is 1. The minimum atomic E-state index is 0.254. The molecule has 0 saturated heterocycles. The molecule has 0 heterocycles. The van der Waals surface area contributed by atoms with Crippen LogP contribution in [-0.2, 0) is 0 Å². The van der Waals surface area contributed by atoms with E-state index in [4.69, 9.17) is 0 Å². The monoisotopic (exact) mass is 286 g/mol. The van der Waals surface area contributed by atoms with E-state index >= 15 is 0 Å². The molecule has 3 aromatic carbocycles. The van der Waals surface area contributed by atoms with Gasteiger partial charge >= 0.3 is 0 Å². The van der Waals surface area contributed by atoms with Gasteiger partial charge in [-0.1, -0.05) is 72.8 Å². The van der Waals surface area contributed by atoms with Crippen molar-refractivity contribution < 1.29 is 5.11 Å². The van der Waals surface area contributed by atoms with Gasteiger partial charge in [0.2, 0.25) is 0 Å². The number of benzene rings is 3. The van der Waals surface area contributed by atoms with E-state index in [2.05, 4.69) is 37.8 Å². The van der Waals surface area contributed by atoms with Crippen LogP contribution in [0.4, 0.5) is 0 Å². The van der Waals surface area contributed by atoms with Crippen molar-refractivity contribution in [3.63, 3.8) is 0 Å². The molecular weight excluding hydrogens is 268 g/mol. The highest BCUT2D eigenvalue weighted by Gasteiger charge is 2.09. The Balaban J connectivity index is 2.04. The Labute approximate surface area is 131 Å². The second-order valence-electron chi connectivity index (χ2n) is 5.44. The van der Waals surface area contributed by atoms with E-state index in [0.29, 0.717) is 0 Å². The number of rotatable bonds is 3. The molecule has 0 saturated carbocycles. The Morgan fingerprint density at radius 1 is 0.818 bits per heavy atom. The third kappa shape index (κ3) is 2.79. The van der Waals surface area contributed by atoms with Crippen molar-refractivity contribution in [3.8, 4) is 16.9 Å². The van der Waals surface area contributed by atoms with Crippen LogP contribution in [0.15, 0.2) is 79.4 Å². The van der Waals surface area contributed by atoms with E-state index in [1.807, 2.05) is 42.5 Å². The van der Waals surface area contributed by atoms with Gasteiger partial charge in [0.25, 0.3) is 0 Å². The fraction of sp³-hybridized carbons (Fsp3) is 0.0476. The van der Waals surface area contributed by atoms with Crippen LogP contribution in [-0.4, -0.2) is 5.11 Å². The maximum atomic E-state index is 10.2. The molecule has 0 aliphatic carbocycles. The molecule has 0 aliphatic rings. The highest BCUT2D eigenvalue weighted by atomic mass is 16.3. The molecule has 22 heavy (non-hydrogen) atoms. The molecular formula is C21H18O. The Bertz CT molecular complexity index is 799. The van der Waals surface area contributed by atoms with Gasteiger partial charge in [-0.15, -0.1) is 0 Å². The summed E-state index contributed by atoms with van der Waals surface area (Å²) in [5.41, 5.74) is 6.05. The molecule has 0 fully saturated rings. The molecule has 108 valence electrons. The number of aromatic hydroxyl groups is 1. The maximum Gasteiger partial charge on any atom is 0.123 e. The van der Waals surface area contributed by atoms with E-state index in [0.717, 1.165) is 27.8 Å². The summed E-state index contributed by atoms with van der Waals surface area (Å²) in [6, 6.07) is 24.0. The quantitative estimate of drug-likeness (QED) is 0.680. The standard InChI is InChI=1S/C21H18O/c1-15-8-10-18(11-9-15)19-12-13-21(22)20(14-19)16(2)17-6-4-3-5-7-17/h3-14,22H,2H2,1H3. The molecule has 0 unspecified atom stereocenters. The molecule has 3 rings (SSSR count). The Kier molecular flexibility index (Phi) is 3.80. The lowest BCUT2D eigenvalue weighted by molar-refractivity contribution is 0.474. The second kappa shape index (κ2) is 5.90. The van der Waals surface area contributed by atoms with Crippen LogP contribution in [0, 0.1) is 6.92 Å². The Hall–Kier alpha value is -2.80. The first-order valence-electron chi connectivity index (χ1n) is 7.30. The zero-order valence-electron chi connectivity index (χ0n) is 12.6. The van der Waals surface area contributed by atoms with Gasteiger partial charge in [-0.3, -0.25) is 0 Å². The number of hydrogen-bond acceptors (Lipinski definition) is 1. The van der Waals surface area contributed by atoms with Crippen LogP contribution < -0.4 is 0 Å². The largest absolute Gasteiger partial charge is 0.507 e. The average molecular weight is 286 g/mol. The van der Waals surface area contributed by atoms with E-state index in [1.54, 1.807) is 6.07 Å². The first kappa shape index (κ1) is 14.2. The predicted octanol–water partition coefficient (Wildman–Crippen LogP) is 5.43. The van der Waals surface area contributed by atoms with Gasteiger partial charge in [0.1, 0.15) is 5.75 Å². The maximum absolute atomic E-state index is 10.2. The van der Waals surface area contributed by atoms with Crippen molar-refractivity contribution in [2.24, 2.45) is 0 Å². The summed E-state index contributed by atoms with van der Waals surface area (Å²) in [7, 11) is 0. The molecule has 3 aromatic rings. The van der Waals surface area contributed by atoms with Gasteiger partial charge in [-0.2, -0.15) is 0 Å². The minimum absolute atomic E-state index is 0.254. The molecule has 0 atom stereocenters. The lowest BCUT2D eigenvalue weighted by atomic mass is 9.95. The fourth-order valence-electron chi connectivity index (χ4n) is 2.50. The van der Waals surface area contributed by atoms with Crippen LogP contribution in [0.1, 0.15) is 16.7 Å². The summed E-state index contributed by atoms with van der Waals surface area (Å²) in [5, 5.41) is 10.2. The molecule has 0 radical (unpaired) electrons. The fourth-order valence-corrected chi connectivity index (χ4v) is 2.50. The van der Waals surface area contributed by atoms with Crippen LogP contribution >= 0.6 is 0 Å². The van der Waals surface area contributed by atoms with E-state index in [9.17, 15) is 5.11 Å². The molecule has 0 aliphatic heterocycles. The topological polar surface area (TPSA) is 20.2 Å². The van der Waals surface area contributed by atoms with Crippen LogP contribution in [0.25, 0.3) is 16.7 Å².